The number of nitrogens with one attached hydrogen (secondary N) is 1. The number of likely N-dealkylation sites (tertiary alicyclic amines) is 1. The van der Waals surface area contributed by atoms with Crippen molar-refractivity contribution in [3.05, 3.63) is 11.7 Å². The third-order valence-corrected chi connectivity index (χ3v) is 4.55. The second-order valence-electron chi connectivity index (χ2n) is 6.14. The molecule has 1 unspecified atom stereocenters. The minimum Gasteiger partial charge on any atom is -0.386 e. The fraction of sp³-hybridized carbons (Fsp3) is 0.769. The molecule has 1 atom stereocenters. The molecule has 1 aromatic rings. The molecule has 3 aliphatic rings. The summed E-state index contributed by atoms with van der Waals surface area (Å²) in [5.74, 6) is 0.716. The van der Waals surface area contributed by atoms with E-state index in [0.29, 0.717) is 24.9 Å². The summed E-state index contributed by atoms with van der Waals surface area (Å²) in [7, 11) is 0. The highest BCUT2D eigenvalue weighted by Gasteiger charge is 2.53. The van der Waals surface area contributed by atoms with E-state index in [1.165, 1.54) is 0 Å². The van der Waals surface area contributed by atoms with Crippen LogP contribution in [-0.2, 0) is 0 Å². The highest BCUT2D eigenvalue weighted by Crippen LogP contribution is 2.44. The summed E-state index contributed by atoms with van der Waals surface area (Å²) in [5.41, 5.74) is -0.671. The second kappa shape index (κ2) is 4.26. The Labute approximate surface area is 116 Å². The first-order valence-electron chi connectivity index (χ1n) is 7.24. The van der Waals surface area contributed by atoms with Gasteiger partial charge in [0, 0.05) is 0 Å². The van der Waals surface area contributed by atoms with Crippen molar-refractivity contribution >= 4 is 5.91 Å². The molecule has 1 amide bonds. The van der Waals surface area contributed by atoms with Crippen LogP contribution < -0.4 is 5.32 Å². The zero-order valence-electron chi connectivity index (χ0n) is 11.2. The summed E-state index contributed by atoms with van der Waals surface area (Å²) in [6.07, 6.45) is 4.17. The van der Waals surface area contributed by atoms with E-state index in [2.05, 4.69) is 15.5 Å². The molecule has 108 valence electrons. The Morgan fingerprint density at radius 2 is 2.20 bits per heavy atom. The van der Waals surface area contributed by atoms with Gasteiger partial charge in [0.2, 0.25) is 5.89 Å². The van der Waals surface area contributed by atoms with E-state index in [4.69, 9.17) is 4.52 Å². The van der Waals surface area contributed by atoms with Gasteiger partial charge in [-0.05, 0) is 38.1 Å². The van der Waals surface area contributed by atoms with Gasteiger partial charge in [-0.1, -0.05) is 5.16 Å². The Bertz CT molecular complexity index is 527. The Morgan fingerprint density at radius 3 is 2.85 bits per heavy atom. The van der Waals surface area contributed by atoms with Crippen molar-refractivity contribution in [1.82, 2.24) is 20.4 Å². The van der Waals surface area contributed by atoms with Gasteiger partial charge in [-0.2, -0.15) is 4.98 Å². The van der Waals surface area contributed by atoms with Crippen LogP contribution in [0.4, 0.5) is 0 Å². The maximum atomic E-state index is 12.2. The van der Waals surface area contributed by atoms with Crippen LogP contribution in [0.3, 0.4) is 0 Å². The van der Waals surface area contributed by atoms with Gasteiger partial charge in [0.1, 0.15) is 5.60 Å². The number of aromatic nitrogens is 2. The average Bonchev–Trinajstić information content (AvgIpc) is 2.93. The zero-order valence-corrected chi connectivity index (χ0v) is 11.2. The van der Waals surface area contributed by atoms with Gasteiger partial charge >= 0.3 is 0 Å². The van der Waals surface area contributed by atoms with Crippen molar-refractivity contribution in [2.45, 2.75) is 37.3 Å². The molecule has 3 fully saturated rings. The van der Waals surface area contributed by atoms with Crippen LogP contribution in [-0.4, -0.2) is 51.3 Å². The number of carbonyl (C=O) groups excluding carboxylic acids is 1. The predicted molar refractivity (Wildman–Crippen MR) is 67.9 cm³/mol. The molecule has 20 heavy (non-hydrogen) atoms. The first-order chi connectivity index (χ1) is 9.66. The standard InChI is InChI=1S/C13H18N4O3/c18-12(17-6-13(19,7-17)8-3-4-8)10-15-11(20-16-10)9-2-1-5-14-9/h8-9,14,19H,1-7H2. The zero-order chi connectivity index (χ0) is 13.7. The van der Waals surface area contributed by atoms with Gasteiger partial charge in [-0.3, -0.25) is 4.79 Å². The SMILES string of the molecule is O=C(c1noc(C2CCCN2)n1)N1CC(O)(C2CC2)C1. The molecular formula is C13H18N4O3. The Balaban J connectivity index is 1.41. The number of carbonyl (C=O) groups is 1. The molecule has 0 spiro atoms. The van der Waals surface area contributed by atoms with Gasteiger partial charge in [-0.15, -0.1) is 0 Å². The first-order valence-corrected chi connectivity index (χ1v) is 7.24. The largest absolute Gasteiger partial charge is 0.386 e. The lowest BCUT2D eigenvalue weighted by Gasteiger charge is -2.46. The van der Waals surface area contributed by atoms with Crippen molar-refractivity contribution in [3.8, 4) is 0 Å². The van der Waals surface area contributed by atoms with Gasteiger partial charge in [0.25, 0.3) is 11.7 Å². The van der Waals surface area contributed by atoms with Crippen LogP contribution in [0.5, 0.6) is 0 Å². The van der Waals surface area contributed by atoms with Crippen LogP contribution in [0, 0.1) is 5.92 Å². The fourth-order valence-electron chi connectivity index (χ4n) is 3.14. The molecule has 0 radical (unpaired) electrons. The van der Waals surface area contributed by atoms with Crippen molar-refractivity contribution in [3.63, 3.8) is 0 Å². The second-order valence-corrected chi connectivity index (χ2v) is 6.14. The van der Waals surface area contributed by atoms with Gasteiger partial charge in [0.05, 0.1) is 19.1 Å². The molecule has 7 heteroatoms. The number of rotatable bonds is 3. The van der Waals surface area contributed by atoms with E-state index in [-0.39, 0.29) is 17.8 Å². The maximum absolute atomic E-state index is 12.2. The maximum Gasteiger partial charge on any atom is 0.295 e. The molecular weight excluding hydrogens is 260 g/mol. The fourth-order valence-corrected chi connectivity index (χ4v) is 3.14. The Kier molecular flexibility index (Phi) is 2.62. The van der Waals surface area contributed by atoms with Gasteiger partial charge in [0.15, 0.2) is 0 Å². The molecule has 0 aromatic carbocycles. The normalized spacial score (nSPS) is 28.4. The molecule has 0 bridgehead atoms. The molecule has 7 nitrogen and oxygen atoms in total. The molecule has 1 saturated carbocycles. The van der Waals surface area contributed by atoms with Crippen LogP contribution >= 0.6 is 0 Å². The minimum atomic E-state index is -0.671. The highest BCUT2D eigenvalue weighted by atomic mass is 16.5. The number of amides is 1. The molecule has 2 saturated heterocycles. The van der Waals surface area contributed by atoms with E-state index in [0.717, 1.165) is 32.2 Å². The minimum absolute atomic E-state index is 0.0730. The summed E-state index contributed by atoms with van der Waals surface area (Å²) >= 11 is 0. The smallest absolute Gasteiger partial charge is 0.295 e. The Hall–Kier alpha value is -1.47. The van der Waals surface area contributed by atoms with Crippen molar-refractivity contribution < 1.29 is 14.4 Å². The van der Waals surface area contributed by atoms with Gasteiger partial charge < -0.3 is 19.8 Å². The van der Waals surface area contributed by atoms with E-state index in [1.807, 2.05) is 0 Å². The summed E-state index contributed by atoms with van der Waals surface area (Å²) < 4.78 is 5.17. The van der Waals surface area contributed by atoms with E-state index >= 15 is 0 Å². The monoisotopic (exact) mass is 278 g/mol. The summed E-state index contributed by atoms with van der Waals surface area (Å²) in [6.45, 7) is 1.72. The molecule has 1 aromatic heterocycles. The topological polar surface area (TPSA) is 91.5 Å². The van der Waals surface area contributed by atoms with Crippen LogP contribution in [0.2, 0.25) is 0 Å². The molecule has 2 aliphatic heterocycles. The van der Waals surface area contributed by atoms with E-state index in [9.17, 15) is 9.90 Å². The third-order valence-electron chi connectivity index (χ3n) is 4.55. The first kappa shape index (κ1) is 12.3. The Morgan fingerprint density at radius 1 is 1.40 bits per heavy atom. The number of hydrogen-bond donors (Lipinski definition) is 2. The third kappa shape index (κ3) is 1.92. The van der Waals surface area contributed by atoms with Crippen LogP contribution in [0.25, 0.3) is 0 Å². The summed E-state index contributed by atoms with van der Waals surface area (Å²) in [5, 5.41) is 17.3. The quantitative estimate of drug-likeness (QED) is 0.814. The summed E-state index contributed by atoms with van der Waals surface area (Å²) in [6, 6.07) is 0.0730. The lowest BCUT2D eigenvalue weighted by molar-refractivity contribution is -0.0961. The molecule has 3 heterocycles. The molecule has 4 rings (SSSR count). The number of nitrogens with zero attached hydrogens (tertiary/aromatic N) is 3. The number of aliphatic hydroxyl groups is 1. The van der Waals surface area contributed by atoms with Gasteiger partial charge in [-0.25, -0.2) is 0 Å². The molecule has 2 N–H and O–H groups in total. The van der Waals surface area contributed by atoms with Crippen molar-refractivity contribution in [2.75, 3.05) is 19.6 Å². The lowest BCUT2D eigenvalue weighted by atomic mass is 9.88. The lowest BCUT2D eigenvalue weighted by Crippen LogP contribution is -2.64. The average molecular weight is 278 g/mol. The highest BCUT2D eigenvalue weighted by molar-refractivity contribution is 5.91. The van der Waals surface area contributed by atoms with E-state index < -0.39 is 5.60 Å². The predicted octanol–water partition coefficient (Wildman–Crippen LogP) is 0.0910. The van der Waals surface area contributed by atoms with Crippen LogP contribution in [0.15, 0.2) is 4.52 Å². The van der Waals surface area contributed by atoms with Crippen molar-refractivity contribution in [1.29, 1.82) is 0 Å². The number of hydrogen-bond acceptors (Lipinski definition) is 6. The van der Waals surface area contributed by atoms with Crippen LogP contribution in [0.1, 0.15) is 48.2 Å². The molecule has 1 aliphatic carbocycles. The number of β-amino-alcohol motifs (C(OH)–C–C–N with tert-alkyl or cyclic N) is 1. The van der Waals surface area contributed by atoms with Crippen molar-refractivity contribution in [2.24, 2.45) is 5.92 Å². The van der Waals surface area contributed by atoms with E-state index in [1.54, 1.807) is 4.90 Å². The summed E-state index contributed by atoms with van der Waals surface area (Å²) in [4.78, 5) is 18.0.